The van der Waals surface area contributed by atoms with Crippen molar-refractivity contribution in [3.05, 3.63) is 35.9 Å². The van der Waals surface area contributed by atoms with E-state index in [1.54, 1.807) is 30.3 Å². The Labute approximate surface area is 99.8 Å². The molecule has 1 aromatic carbocycles. The van der Waals surface area contributed by atoms with Gasteiger partial charge in [-0.25, -0.2) is 4.72 Å². The Morgan fingerprint density at radius 3 is 2.41 bits per heavy atom. The van der Waals surface area contributed by atoms with Gasteiger partial charge in [-0.3, -0.25) is 4.79 Å². The normalized spacial score (nSPS) is 13.2. The number of hydrogen-bond donors (Lipinski definition) is 3. The number of carboxylic acid groups (broad SMARTS) is 1. The molecule has 0 spiro atoms. The third-order valence-corrected chi connectivity index (χ3v) is 3.28. The van der Waals surface area contributed by atoms with Crippen LogP contribution in [-0.4, -0.2) is 32.6 Å². The Morgan fingerprint density at radius 1 is 1.35 bits per heavy atom. The summed E-state index contributed by atoms with van der Waals surface area (Å²) in [5.74, 6) is -1.22. The molecule has 0 fully saturated rings. The summed E-state index contributed by atoms with van der Waals surface area (Å²) in [4.78, 5) is 10.9. The molecular formula is C10H14N2O4S. The molecule has 0 radical (unpaired) electrons. The van der Waals surface area contributed by atoms with Crippen LogP contribution in [0.15, 0.2) is 30.3 Å². The van der Waals surface area contributed by atoms with Crippen molar-refractivity contribution in [3.63, 3.8) is 0 Å². The Morgan fingerprint density at radius 2 is 1.94 bits per heavy atom. The molecule has 0 saturated heterocycles. The predicted molar refractivity (Wildman–Crippen MR) is 62.7 cm³/mol. The largest absolute Gasteiger partial charge is 0.480 e. The Kier molecular flexibility index (Phi) is 4.62. The first-order valence-corrected chi connectivity index (χ1v) is 6.40. The van der Waals surface area contributed by atoms with Crippen molar-refractivity contribution in [2.75, 3.05) is 7.05 Å². The van der Waals surface area contributed by atoms with E-state index in [-0.39, 0.29) is 6.42 Å². The fourth-order valence-electron chi connectivity index (χ4n) is 1.28. The van der Waals surface area contributed by atoms with Gasteiger partial charge in [0.05, 0.1) is 0 Å². The molecular weight excluding hydrogens is 244 g/mol. The van der Waals surface area contributed by atoms with Crippen LogP contribution in [0.25, 0.3) is 0 Å². The van der Waals surface area contributed by atoms with Crippen LogP contribution in [0.5, 0.6) is 0 Å². The summed E-state index contributed by atoms with van der Waals surface area (Å²) in [6.07, 6.45) is 0.0943. The number of rotatable bonds is 6. The van der Waals surface area contributed by atoms with Gasteiger partial charge in [0.15, 0.2) is 0 Å². The van der Waals surface area contributed by atoms with Crippen LogP contribution in [0.1, 0.15) is 5.56 Å². The summed E-state index contributed by atoms with van der Waals surface area (Å²) in [5.41, 5.74) is 0.749. The van der Waals surface area contributed by atoms with E-state index < -0.39 is 22.2 Å². The van der Waals surface area contributed by atoms with Crippen LogP contribution >= 0.6 is 0 Å². The second-order valence-electron chi connectivity index (χ2n) is 3.41. The lowest BCUT2D eigenvalue weighted by Gasteiger charge is -2.14. The topological polar surface area (TPSA) is 95.5 Å². The van der Waals surface area contributed by atoms with Gasteiger partial charge in [0.25, 0.3) is 10.2 Å². The molecule has 94 valence electrons. The van der Waals surface area contributed by atoms with Crippen LogP contribution < -0.4 is 9.44 Å². The lowest BCUT2D eigenvalue weighted by molar-refractivity contribution is -0.138. The maximum Gasteiger partial charge on any atom is 0.322 e. The summed E-state index contributed by atoms with van der Waals surface area (Å²) >= 11 is 0. The molecule has 0 aromatic heterocycles. The fourth-order valence-corrected chi connectivity index (χ4v) is 1.95. The Balaban J connectivity index is 2.78. The third kappa shape index (κ3) is 4.51. The van der Waals surface area contributed by atoms with Crippen molar-refractivity contribution < 1.29 is 18.3 Å². The first-order valence-electron chi connectivity index (χ1n) is 4.92. The highest BCUT2D eigenvalue weighted by Crippen LogP contribution is 2.04. The molecule has 0 aliphatic heterocycles. The summed E-state index contributed by atoms with van der Waals surface area (Å²) < 4.78 is 26.5. The van der Waals surface area contributed by atoms with Gasteiger partial charge in [0, 0.05) is 7.05 Å². The Bertz CT molecular complexity index is 472. The van der Waals surface area contributed by atoms with E-state index in [0.717, 1.165) is 5.56 Å². The van der Waals surface area contributed by atoms with Gasteiger partial charge >= 0.3 is 5.97 Å². The highest BCUT2D eigenvalue weighted by molar-refractivity contribution is 7.87. The van der Waals surface area contributed by atoms with E-state index in [9.17, 15) is 13.2 Å². The summed E-state index contributed by atoms with van der Waals surface area (Å²) in [5, 5.41) is 8.94. The maximum absolute atomic E-state index is 11.2. The van der Waals surface area contributed by atoms with E-state index in [2.05, 4.69) is 4.72 Å². The van der Waals surface area contributed by atoms with Crippen molar-refractivity contribution in [1.82, 2.24) is 9.44 Å². The van der Waals surface area contributed by atoms with Gasteiger partial charge < -0.3 is 5.11 Å². The smallest absolute Gasteiger partial charge is 0.322 e. The number of carboxylic acids is 1. The minimum atomic E-state index is -3.76. The van der Waals surface area contributed by atoms with E-state index in [0.29, 0.717) is 0 Å². The van der Waals surface area contributed by atoms with Crippen molar-refractivity contribution in [2.45, 2.75) is 12.5 Å². The average molecular weight is 258 g/mol. The van der Waals surface area contributed by atoms with E-state index >= 15 is 0 Å². The number of nitrogens with one attached hydrogen (secondary N) is 2. The highest BCUT2D eigenvalue weighted by atomic mass is 32.2. The monoisotopic (exact) mass is 258 g/mol. The molecule has 1 unspecified atom stereocenters. The van der Waals surface area contributed by atoms with Crippen LogP contribution in [0.3, 0.4) is 0 Å². The lowest BCUT2D eigenvalue weighted by atomic mass is 10.1. The zero-order valence-corrected chi connectivity index (χ0v) is 10.1. The van der Waals surface area contributed by atoms with Gasteiger partial charge in [-0.2, -0.15) is 13.1 Å². The molecule has 0 heterocycles. The predicted octanol–water partition coefficient (Wildman–Crippen LogP) is -0.264. The summed E-state index contributed by atoms with van der Waals surface area (Å²) in [6, 6.07) is 7.63. The van der Waals surface area contributed by atoms with Crippen molar-refractivity contribution >= 4 is 16.2 Å². The summed E-state index contributed by atoms with van der Waals surface area (Å²) in [7, 11) is -2.55. The van der Waals surface area contributed by atoms with Gasteiger partial charge in [-0.1, -0.05) is 30.3 Å². The lowest BCUT2D eigenvalue weighted by Crippen LogP contribution is -2.46. The zero-order valence-electron chi connectivity index (χ0n) is 9.25. The number of aliphatic carboxylic acids is 1. The Hall–Kier alpha value is -1.44. The van der Waals surface area contributed by atoms with Gasteiger partial charge in [0.2, 0.25) is 0 Å². The minimum Gasteiger partial charge on any atom is -0.480 e. The maximum atomic E-state index is 11.2. The van der Waals surface area contributed by atoms with E-state index in [1.807, 2.05) is 4.72 Å². The zero-order chi connectivity index (χ0) is 12.9. The number of benzene rings is 1. The van der Waals surface area contributed by atoms with Crippen molar-refractivity contribution in [1.29, 1.82) is 0 Å². The molecule has 1 atom stereocenters. The molecule has 1 rings (SSSR count). The molecule has 7 heteroatoms. The molecule has 6 nitrogen and oxygen atoms in total. The fraction of sp³-hybridized carbons (Fsp3) is 0.300. The molecule has 17 heavy (non-hydrogen) atoms. The highest BCUT2D eigenvalue weighted by Gasteiger charge is 2.23. The van der Waals surface area contributed by atoms with Crippen LogP contribution in [-0.2, 0) is 21.4 Å². The molecule has 1 aromatic rings. The standard InChI is InChI=1S/C10H14N2O4S/c1-11-17(15,16)12-9(10(13)14)7-8-5-3-2-4-6-8/h2-6,9,11-12H,7H2,1H3,(H,13,14). The first-order chi connectivity index (χ1) is 7.94. The molecule has 0 amide bonds. The van der Waals surface area contributed by atoms with Gasteiger partial charge in [0.1, 0.15) is 6.04 Å². The first kappa shape index (κ1) is 13.6. The SMILES string of the molecule is CNS(=O)(=O)NC(Cc1ccccc1)C(=O)O. The van der Waals surface area contributed by atoms with Crippen LogP contribution in [0.2, 0.25) is 0 Å². The van der Waals surface area contributed by atoms with Crippen LogP contribution in [0.4, 0.5) is 0 Å². The van der Waals surface area contributed by atoms with E-state index in [4.69, 9.17) is 5.11 Å². The third-order valence-electron chi connectivity index (χ3n) is 2.15. The average Bonchev–Trinajstić information content (AvgIpc) is 2.29. The van der Waals surface area contributed by atoms with Gasteiger partial charge in [-0.15, -0.1) is 0 Å². The van der Waals surface area contributed by atoms with Crippen molar-refractivity contribution in [2.24, 2.45) is 0 Å². The van der Waals surface area contributed by atoms with Crippen LogP contribution in [0, 0.1) is 0 Å². The molecule has 0 aliphatic carbocycles. The van der Waals surface area contributed by atoms with Crippen molar-refractivity contribution in [3.8, 4) is 0 Å². The van der Waals surface area contributed by atoms with Gasteiger partial charge in [-0.05, 0) is 12.0 Å². The molecule has 0 aliphatic rings. The summed E-state index contributed by atoms with van der Waals surface area (Å²) in [6.45, 7) is 0. The second kappa shape index (κ2) is 5.76. The van der Waals surface area contributed by atoms with E-state index in [1.165, 1.54) is 7.05 Å². The second-order valence-corrected chi connectivity index (χ2v) is 5.06. The minimum absolute atomic E-state index is 0.0943. The molecule has 0 bridgehead atoms. The molecule has 0 saturated carbocycles. The number of carbonyl (C=O) groups is 1. The number of hydrogen-bond acceptors (Lipinski definition) is 3. The quantitative estimate of drug-likeness (QED) is 0.655. The molecule has 3 N–H and O–H groups in total.